The Morgan fingerprint density at radius 3 is 2.45 bits per heavy atom. The topological polar surface area (TPSA) is 59.8 Å². The van der Waals surface area contributed by atoms with Crippen molar-refractivity contribution in [1.82, 2.24) is 4.90 Å². The summed E-state index contributed by atoms with van der Waals surface area (Å²) in [7, 11) is 3.28. The Labute approximate surface area is 168 Å². The van der Waals surface area contributed by atoms with Crippen molar-refractivity contribution in [2.75, 3.05) is 14.1 Å². The van der Waals surface area contributed by atoms with Gasteiger partial charge in [-0.05, 0) is 16.8 Å². The lowest BCUT2D eigenvalue weighted by atomic mass is 10.0. The highest BCUT2D eigenvalue weighted by Gasteiger charge is 2.27. The van der Waals surface area contributed by atoms with Gasteiger partial charge in [-0.25, -0.2) is 0 Å². The first-order valence-corrected chi connectivity index (χ1v) is 9.38. The third-order valence-corrected chi connectivity index (χ3v) is 4.89. The van der Waals surface area contributed by atoms with Crippen LogP contribution >= 0.6 is 0 Å². The molecule has 0 bridgehead atoms. The SMILES string of the molecule is CN(C)C(=O)[C@@H](OC(=O)Cc1coc2ccc3ccccc3c12)c1ccccc1. The molecule has 0 fully saturated rings. The van der Waals surface area contributed by atoms with Crippen molar-refractivity contribution < 1.29 is 18.7 Å². The standard InChI is InChI=1S/C24H21NO4/c1-25(2)24(27)23(17-9-4-3-5-10-17)29-21(26)14-18-15-28-20-13-12-16-8-6-7-11-19(16)22(18)20/h3-13,15,23H,14H2,1-2H3/t23-/m0/s1. The lowest BCUT2D eigenvalue weighted by molar-refractivity contribution is -0.159. The Morgan fingerprint density at radius 2 is 1.69 bits per heavy atom. The first kappa shape index (κ1) is 18.7. The Bertz CT molecular complexity index is 1180. The monoisotopic (exact) mass is 387 g/mol. The molecule has 0 spiro atoms. The number of furan rings is 1. The van der Waals surface area contributed by atoms with E-state index in [1.165, 1.54) is 4.90 Å². The van der Waals surface area contributed by atoms with E-state index >= 15 is 0 Å². The molecule has 0 saturated carbocycles. The van der Waals surface area contributed by atoms with Gasteiger partial charge in [-0.1, -0.05) is 60.7 Å². The van der Waals surface area contributed by atoms with Crippen LogP contribution in [-0.4, -0.2) is 30.9 Å². The van der Waals surface area contributed by atoms with E-state index in [0.717, 1.165) is 27.3 Å². The van der Waals surface area contributed by atoms with Crippen LogP contribution < -0.4 is 0 Å². The second-order valence-corrected chi connectivity index (χ2v) is 7.11. The van der Waals surface area contributed by atoms with Crippen molar-refractivity contribution in [1.29, 1.82) is 0 Å². The third kappa shape index (κ3) is 3.72. The Morgan fingerprint density at radius 1 is 0.966 bits per heavy atom. The van der Waals surface area contributed by atoms with Gasteiger partial charge in [-0.2, -0.15) is 0 Å². The number of carbonyl (C=O) groups excluding carboxylic acids is 2. The Kier molecular flexibility index (Phi) is 5.04. The highest BCUT2D eigenvalue weighted by molar-refractivity contribution is 6.08. The van der Waals surface area contributed by atoms with Gasteiger partial charge in [0.1, 0.15) is 5.58 Å². The summed E-state index contributed by atoms with van der Waals surface area (Å²) in [4.78, 5) is 26.8. The number of fused-ring (bicyclic) bond motifs is 3. The molecule has 1 aromatic heterocycles. The summed E-state index contributed by atoms with van der Waals surface area (Å²) in [5.74, 6) is -0.767. The maximum absolute atomic E-state index is 12.8. The molecule has 0 aliphatic rings. The first-order valence-electron chi connectivity index (χ1n) is 9.38. The van der Waals surface area contributed by atoms with Crippen molar-refractivity contribution in [3.8, 4) is 0 Å². The molecule has 0 aliphatic heterocycles. The van der Waals surface area contributed by atoms with Crippen LogP contribution in [-0.2, 0) is 20.7 Å². The number of ether oxygens (including phenoxy) is 1. The summed E-state index contributed by atoms with van der Waals surface area (Å²) >= 11 is 0. The number of rotatable bonds is 5. The van der Waals surface area contributed by atoms with E-state index in [2.05, 4.69) is 0 Å². The van der Waals surface area contributed by atoms with E-state index in [4.69, 9.17) is 9.15 Å². The number of esters is 1. The lowest BCUT2D eigenvalue weighted by Crippen LogP contribution is -2.31. The zero-order valence-electron chi connectivity index (χ0n) is 16.3. The van der Waals surface area contributed by atoms with Gasteiger partial charge in [-0.15, -0.1) is 0 Å². The van der Waals surface area contributed by atoms with E-state index in [9.17, 15) is 9.59 Å². The van der Waals surface area contributed by atoms with Crippen LogP contribution in [0.15, 0.2) is 77.4 Å². The molecule has 29 heavy (non-hydrogen) atoms. The summed E-state index contributed by atoms with van der Waals surface area (Å²) in [6, 6.07) is 20.9. The minimum absolute atomic E-state index is 0.0189. The smallest absolute Gasteiger partial charge is 0.311 e. The van der Waals surface area contributed by atoms with Gasteiger partial charge >= 0.3 is 5.97 Å². The predicted octanol–water partition coefficient (Wildman–Crippen LogP) is 4.50. The number of carbonyl (C=O) groups is 2. The zero-order chi connectivity index (χ0) is 20.4. The van der Waals surface area contributed by atoms with Crippen molar-refractivity contribution in [3.05, 3.63) is 84.1 Å². The molecule has 1 heterocycles. The molecule has 0 aliphatic carbocycles. The first-order chi connectivity index (χ1) is 14.0. The van der Waals surface area contributed by atoms with Crippen molar-refractivity contribution >= 4 is 33.6 Å². The molecule has 146 valence electrons. The number of nitrogens with zero attached hydrogens (tertiary/aromatic N) is 1. The molecule has 4 rings (SSSR count). The lowest BCUT2D eigenvalue weighted by Gasteiger charge is -2.21. The maximum Gasteiger partial charge on any atom is 0.311 e. The van der Waals surface area contributed by atoms with E-state index in [-0.39, 0.29) is 12.3 Å². The van der Waals surface area contributed by atoms with Crippen LogP contribution in [0.25, 0.3) is 21.7 Å². The molecule has 5 nitrogen and oxygen atoms in total. The molecule has 1 atom stereocenters. The summed E-state index contributed by atoms with van der Waals surface area (Å²) in [6.45, 7) is 0. The highest BCUT2D eigenvalue weighted by Crippen LogP contribution is 2.30. The van der Waals surface area contributed by atoms with Crippen LogP contribution in [0.5, 0.6) is 0 Å². The summed E-state index contributed by atoms with van der Waals surface area (Å²) in [5, 5.41) is 2.99. The number of amides is 1. The largest absolute Gasteiger partial charge is 0.464 e. The summed E-state index contributed by atoms with van der Waals surface area (Å²) < 4.78 is 11.3. The molecular weight excluding hydrogens is 366 g/mol. The molecule has 0 radical (unpaired) electrons. The number of hydrogen-bond donors (Lipinski definition) is 0. The fourth-order valence-electron chi connectivity index (χ4n) is 3.46. The predicted molar refractivity (Wildman–Crippen MR) is 111 cm³/mol. The van der Waals surface area contributed by atoms with Gasteiger partial charge in [0.05, 0.1) is 12.7 Å². The molecule has 3 aromatic carbocycles. The molecule has 0 saturated heterocycles. The number of hydrogen-bond acceptors (Lipinski definition) is 4. The fourth-order valence-corrected chi connectivity index (χ4v) is 3.46. The molecule has 5 heteroatoms. The molecule has 0 N–H and O–H groups in total. The van der Waals surface area contributed by atoms with Gasteiger partial charge in [-0.3, -0.25) is 9.59 Å². The van der Waals surface area contributed by atoms with Gasteiger partial charge < -0.3 is 14.1 Å². The van der Waals surface area contributed by atoms with Gasteiger partial charge in [0, 0.05) is 30.6 Å². The van der Waals surface area contributed by atoms with Crippen LogP contribution in [0.2, 0.25) is 0 Å². The van der Waals surface area contributed by atoms with Crippen LogP contribution in [0.4, 0.5) is 0 Å². The van der Waals surface area contributed by atoms with E-state index in [1.807, 2.05) is 54.6 Å². The van der Waals surface area contributed by atoms with E-state index in [0.29, 0.717) is 5.56 Å². The average Bonchev–Trinajstić information content (AvgIpc) is 3.15. The molecule has 1 amide bonds. The third-order valence-electron chi connectivity index (χ3n) is 4.89. The van der Waals surface area contributed by atoms with Gasteiger partial charge in [0.15, 0.2) is 0 Å². The molecule has 0 unspecified atom stereocenters. The van der Waals surface area contributed by atoms with E-state index < -0.39 is 12.1 Å². The van der Waals surface area contributed by atoms with Crippen molar-refractivity contribution in [2.45, 2.75) is 12.5 Å². The maximum atomic E-state index is 12.8. The summed E-state index contributed by atoms with van der Waals surface area (Å²) in [6.07, 6.45) is 0.628. The van der Waals surface area contributed by atoms with Crippen molar-refractivity contribution in [3.63, 3.8) is 0 Å². The average molecular weight is 387 g/mol. The second kappa shape index (κ2) is 7.80. The summed E-state index contributed by atoms with van der Waals surface area (Å²) in [5.41, 5.74) is 2.10. The zero-order valence-corrected chi connectivity index (χ0v) is 16.3. The fraction of sp³-hybridized carbons (Fsp3) is 0.167. The normalized spacial score (nSPS) is 12.1. The number of likely N-dealkylation sites (N-methyl/N-ethyl adjacent to an activating group) is 1. The quantitative estimate of drug-likeness (QED) is 0.473. The highest BCUT2D eigenvalue weighted by atomic mass is 16.5. The van der Waals surface area contributed by atoms with Gasteiger partial charge in [0.25, 0.3) is 5.91 Å². The number of benzene rings is 3. The van der Waals surface area contributed by atoms with E-state index in [1.54, 1.807) is 32.5 Å². The second-order valence-electron chi connectivity index (χ2n) is 7.11. The Balaban J connectivity index is 1.63. The van der Waals surface area contributed by atoms with Gasteiger partial charge in [0.2, 0.25) is 6.10 Å². The molecule has 4 aromatic rings. The molecular formula is C24H21NO4. The minimum Gasteiger partial charge on any atom is -0.464 e. The van der Waals surface area contributed by atoms with Crippen LogP contribution in [0.1, 0.15) is 17.2 Å². The van der Waals surface area contributed by atoms with Crippen molar-refractivity contribution in [2.24, 2.45) is 0 Å². The van der Waals surface area contributed by atoms with Crippen LogP contribution in [0.3, 0.4) is 0 Å². The van der Waals surface area contributed by atoms with Crippen LogP contribution in [0, 0.1) is 0 Å². The Hall–Kier alpha value is -3.60. The minimum atomic E-state index is -0.978.